The van der Waals surface area contributed by atoms with Gasteiger partial charge in [-0.25, -0.2) is 0 Å². The van der Waals surface area contributed by atoms with Gasteiger partial charge in [0.25, 0.3) is 0 Å². The molecule has 0 aliphatic heterocycles. The second-order valence-electron chi connectivity index (χ2n) is 5.93. The Labute approximate surface area is 136 Å². The highest BCUT2D eigenvalue weighted by Gasteiger charge is 2.22. The fraction of sp³-hybridized carbons (Fsp3) is 0.812. The van der Waals surface area contributed by atoms with E-state index in [0.717, 1.165) is 23.5 Å². The van der Waals surface area contributed by atoms with Crippen molar-refractivity contribution in [3.63, 3.8) is 0 Å². The lowest BCUT2D eigenvalue weighted by molar-refractivity contribution is 0.181. The Morgan fingerprint density at radius 2 is 2.24 bits per heavy atom. The van der Waals surface area contributed by atoms with E-state index in [4.69, 9.17) is 4.74 Å². The van der Waals surface area contributed by atoms with Gasteiger partial charge in [0.05, 0.1) is 35.6 Å². The molecular formula is C16H28BrN3O. The van der Waals surface area contributed by atoms with Crippen LogP contribution in [0.4, 0.5) is 0 Å². The molecule has 120 valence electrons. The number of nitrogens with zero attached hydrogens (tertiary/aromatic N) is 2. The van der Waals surface area contributed by atoms with E-state index in [1.165, 1.54) is 44.2 Å². The van der Waals surface area contributed by atoms with E-state index in [9.17, 15) is 0 Å². The molecule has 0 spiro atoms. The fourth-order valence-corrected chi connectivity index (χ4v) is 3.93. The minimum atomic E-state index is 0.379. The summed E-state index contributed by atoms with van der Waals surface area (Å²) < 4.78 is 8.38. The van der Waals surface area contributed by atoms with Crippen LogP contribution in [-0.2, 0) is 11.3 Å². The van der Waals surface area contributed by atoms with Gasteiger partial charge in [0, 0.05) is 7.11 Å². The Morgan fingerprint density at radius 3 is 2.90 bits per heavy atom. The first-order valence-corrected chi connectivity index (χ1v) is 8.99. The number of hydrogen-bond acceptors (Lipinski definition) is 3. The number of hydrogen-bond donors (Lipinski definition) is 1. The first-order valence-electron chi connectivity index (χ1n) is 8.19. The van der Waals surface area contributed by atoms with E-state index >= 15 is 0 Å². The van der Waals surface area contributed by atoms with Crippen LogP contribution in [0.15, 0.2) is 10.7 Å². The summed E-state index contributed by atoms with van der Waals surface area (Å²) in [5, 5.41) is 8.12. The minimum absolute atomic E-state index is 0.379. The van der Waals surface area contributed by atoms with Gasteiger partial charge in [0.1, 0.15) is 0 Å². The molecule has 0 amide bonds. The largest absolute Gasteiger partial charge is 0.383 e. The van der Waals surface area contributed by atoms with Gasteiger partial charge in [-0.05, 0) is 41.2 Å². The number of methoxy groups -OCH3 is 1. The van der Waals surface area contributed by atoms with Gasteiger partial charge >= 0.3 is 0 Å². The molecule has 1 heterocycles. The summed E-state index contributed by atoms with van der Waals surface area (Å²) in [4.78, 5) is 0. The molecule has 1 aromatic rings. The van der Waals surface area contributed by atoms with Crippen LogP contribution in [0.2, 0.25) is 0 Å². The van der Waals surface area contributed by atoms with Crippen molar-refractivity contribution in [3.8, 4) is 0 Å². The van der Waals surface area contributed by atoms with Crippen LogP contribution in [-0.4, -0.2) is 30.0 Å². The molecular weight excluding hydrogens is 330 g/mol. The summed E-state index contributed by atoms with van der Waals surface area (Å²) in [6.07, 6.45) is 10.1. The van der Waals surface area contributed by atoms with Crippen LogP contribution >= 0.6 is 15.9 Å². The average Bonchev–Trinajstić information content (AvgIpc) is 3.11. The summed E-state index contributed by atoms with van der Waals surface area (Å²) in [7, 11) is 1.74. The minimum Gasteiger partial charge on any atom is -0.383 e. The monoisotopic (exact) mass is 357 g/mol. The first kappa shape index (κ1) is 17.0. The second-order valence-corrected chi connectivity index (χ2v) is 6.79. The highest BCUT2D eigenvalue weighted by Crippen LogP contribution is 2.33. The first-order chi connectivity index (χ1) is 10.3. The lowest BCUT2D eigenvalue weighted by Crippen LogP contribution is -2.25. The Bertz CT molecular complexity index is 416. The summed E-state index contributed by atoms with van der Waals surface area (Å²) in [5.74, 6) is 0.931. The molecule has 1 N–H and O–H groups in total. The third-order valence-electron chi connectivity index (χ3n) is 4.46. The maximum atomic E-state index is 5.19. The third-order valence-corrected chi connectivity index (χ3v) is 5.07. The molecule has 21 heavy (non-hydrogen) atoms. The molecule has 1 atom stereocenters. The Morgan fingerprint density at radius 1 is 1.48 bits per heavy atom. The maximum absolute atomic E-state index is 5.19. The van der Waals surface area contributed by atoms with Gasteiger partial charge in [0.2, 0.25) is 0 Å². The van der Waals surface area contributed by atoms with Crippen molar-refractivity contribution in [2.45, 2.75) is 58.0 Å². The number of aromatic nitrogens is 2. The van der Waals surface area contributed by atoms with Gasteiger partial charge in [0.15, 0.2) is 0 Å². The van der Waals surface area contributed by atoms with Crippen molar-refractivity contribution >= 4 is 15.9 Å². The highest BCUT2D eigenvalue weighted by atomic mass is 79.9. The molecule has 4 nitrogen and oxygen atoms in total. The van der Waals surface area contributed by atoms with Gasteiger partial charge in [-0.2, -0.15) is 5.10 Å². The lowest BCUT2D eigenvalue weighted by atomic mass is 9.97. The number of halogens is 1. The summed E-state index contributed by atoms with van der Waals surface area (Å²) in [5.41, 5.74) is 1.27. The summed E-state index contributed by atoms with van der Waals surface area (Å²) in [6.45, 7) is 4.66. The molecule has 1 fully saturated rings. The van der Waals surface area contributed by atoms with Crippen LogP contribution in [0.3, 0.4) is 0 Å². The molecule has 0 saturated heterocycles. The zero-order valence-corrected chi connectivity index (χ0v) is 14.9. The topological polar surface area (TPSA) is 39.1 Å². The van der Waals surface area contributed by atoms with Crippen LogP contribution in [0.5, 0.6) is 0 Å². The fourth-order valence-electron chi connectivity index (χ4n) is 3.36. The zero-order chi connectivity index (χ0) is 15.1. The second kappa shape index (κ2) is 8.91. The Balaban J connectivity index is 2.03. The van der Waals surface area contributed by atoms with Gasteiger partial charge in [-0.3, -0.25) is 4.68 Å². The zero-order valence-electron chi connectivity index (χ0n) is 13.3. The van der Waals surface area contributed by atoms with E-state index in [-0.39, 0.29) is 0 Å². The normalized spacial score (nSPS) is 17.5. The predicted octanol–water partition coefficient (Wildman–Crippen LogP) is 3.91. The molecule has 5 heteroatoms. The van der Waals surface area contributed by atoms with E-state index in [1.807, 2.05) is 6.20 Å². The number of nitrogens with one attached hydrogen (secondary N) is 1. The SMILES string of the molecule is CCNC(CCC1CCCC1)c1c(Br)cnn1CCOC. The number of rotatable bonds is 9. The molecule has 0 aromatic carbocycles. The van der Waals surface area contributed by atoms with Crippen LogP contribution in [0.1, 0.15) is 57.2 Å². The standard InChI is InChI=1S/C16H28BrN3O/c1-3-18-15(9-8-13-6-4-5-7-13)16-14(17)12-19-20(16)10-11-21-2/h12-13,15,18H,3-11H2,1-2H3. The van der Waals surface area contributed by atoms with Crippen molar-refractivity contribution in [1.29, 1.82) is 0 Å². The van der Waals surface area contributed by atoms with E-state index in [2.05, 4.69) is 38.0 Å². The lowest BCUT2D eigenvalue weighted by Gasteiger charge is -2.22. The Hall–Kier alpha value is -0.390. The van der Waals surface area contributed by atoms with E-state index < -0.39 is 0 Å². The van der Waals surface area contributed by atoms with Gasteiger partial charge < -0.3 is 10.1 Å². The third kappa shape index (κ3) is 4.80. The smallest absolute Gasteiger partial charge is 0.0696 e. The predicted molar refractivity (Wildman–Crippen MR) is 89.4 cm³/mol. The summed E-state index contributed by atoms with van der Waals surface area (Å²) in [6, 6.07) is 0.379. The van der Waals surface area contributed by atoms with E-state index in [1.54, 1.807) is 7.11 Å². The molecule has 1 aromatic heterocycles. The molecule has 1 unspecified atom stereocenters. The quantitative estimate of drug-likeness (QED) is 0.727. The summed E-state index contributed by atoms with van der Waals surface area (Å²) >= 11 is 3.67. The molecule has 2 rings (SSSR count). The molecule has 1 aliphatic rings. The van der Waals surface area contributed by atoms with Crippen molar-refractivity contribution in [1.82, 2.24) is 15.1 Å². The Kier molecular flexibility index (Phi) is 7.20. The number of ether oxygens (including phenoxy) is 1. The van der Waals surface area contributed by atoms with Crippen LogP contribution < -0.4 is 5.32 Å². The van der Waals surface area contributed by atoms with Crippen LogP contribution in [0.25, 0.3) is 0 Å². The van der Waals surface area contributed by atoms with Crippen molar-refractivity contribution in [2.24, 2.45) is 5.92 Å². The van der Waals surface area contributed by atoms with Gasteiger partial charge in [-0.15, -0.1) is 0 Å². The van der Waals surface area contributed by atoms with Crippen molar-refractivity contribution in [2.75, 3.05) is 20.3 Å². The van der Waals surface area contributed by atoms with Crippen LogP contribution in [0, 0.1) is 5.92 Å². The maximum Gasteiger partial charge on any atom is 0.0696 e. The average molecular weight is 358 g/mol. The molecule has 1 saturated carbocycles. The molecule has 0 bridgehead atoms. The van der Waals surface area contributed by atoms with Crippen molar-refractivity contribution in [3.05, 3.63) is 16.4 Å². The van der Waals surface area contributed by atoms with Gasteiger partial charge in [-0.1, -0.05) is 32.6 Å². The molecule has 1 aliphatic carbocycles. The van der Waals surface area contributed by atoms with Crippen molar-refractivity contribution < 1.29 is 4.74 Å². The molecule has 0 radical (unpaired) electrons. The van der Waals surface area contributed by atoms with E-state index in [0.29, 0.717) is 12.6 Å². The highest BCUT2D eigenvalue weighted by molar-refractivity contribution is 9.10.